The molecule has 0 N–H and O–H groups in total. The third kappa shape index (κ3) is 44.1. The molecule has 27 heteroatoms. The summed E-state index contributed by atoms with van der Waals surface area (Å²) in [7, 11) is -9.72. The molecule has 0 aliphatic carbocycles. The molecule has 0 saturated heterocycles. The number of para-hydroxylation sites is 1. The Kier molecular flexibility index (Phi) is 38.4. The van der Waals surface area contributed by atoms with E-state index in [2.05, 4.69) is 130 Å². The lowest BCUT2D eigenvalue weighted by atomic mass is 10.1. The van der Waals surface area contributed by atoms with Gasteiger partial charge in [-0.25, -0.2) is 4.57 Å². The van der Waals surface area contributed by atoms with Crippen molar-refractivity contribution in [2.75, 3.05) is 116 Å². The van der Waals surface area contributed by atoms with E-state index < -0.39 is 52.5 Å². The summed E-state index contributed by atoms with van der Waals surface area (Å²) in [5.74, 6) is 1.30. The van der Waals surface area contributed by atoms with E-state index in [1.54, 1.807) is 12.1 Å². The minimum Gasteiger partial charge on any atom is -0.443 e. The van der Waals surface area contributed by atoms with Crippen LogP contribution in [0.4, 0.5) is 0 Å². The quantitative estimate of drug-likeness (QED) is 0.0708. The Morgan fingerprint density at radius 3 is 0.725 bits per heavy atom. The predicted octanol–water partition coefficient (Wildman–Crippen LogP) is 15.3. The van der Waals surface area contributed by atoms with Gasteiger partial charge in [0.25, 0.3) is 0 Å². The highest BCUT2D eigenvalue weighted by molar-refractivity contribution is 15.0. The monoisotopic (exact) mass is 1330 g/mol. The van der Waals surface area contributed by atoms with Gasteiger partial charge < -0.3 is 49.8 Å². The van der Waals surface area contributed by atoms with Crippen molar-refractivity contribution in [3.05, 3.63) is 120 Å². The topological polar surface area (TPSA) is 221 Å². The molecule has 18 nitrogen and oxygen atoms in total. The highest BCUT2D eigenvalue weighted by atomic mass is 128. The molecule has 0 spiro atoms. The first-order valence-corrected chi connectivity index (χ1v) is 41.5. The van der Waals surface area contributed by atoms with Crippen molar-refractivity contribution in [1.29, 1.82) is 0 Å². The number of halogens is 2. The van der Waals surface area contributed by atoms with E-state index >= 15 is 0 Å². The summed E-state index contributed by atoms with van der Waals surface area (Å²) in [6.07, 6.45) is 1.03. The summed E-state index contributed by atoms with van der Waals surface area (Å²) in [5, 5.41) is 0. The first-order valence-electron chi connectivity index (χ1n) is 19.7. The van der Waals surface area contributed by atoms with Crippen molar-refractivity contribution < 1.29 is 81.7 Å². The van der Waals surface area contributed by atoms with Crippen LogP contribution in [-0.4, -0.2) is 116 Å². The average Bonchev–Trinajstić information content (AvgIpc) is 3.27. The van der Waals surface area contributed by atoms with Crippen molar-refractivity contribution in [3.8, 4) is 23.0 Å². The number of rotatable bonds is 17. The van der Waals surface area contributed by atoms with E-state index in [9.17, 15) is 32.0 Å². The van der Waals surface area contributed by atoms with Gasteiger partial charge in [0.1, 0.15) is 23.0 Å². The van der Waals surface area contributed by atoms with Crippen LogP contribution in [0.1, 0.15) is 11.1 Å². The van der Waals surface area contributed by atoms with Crippen LogP contribution >= 0.6 is 89.7 Å². The standard InChI is InChI=1S/C13H12.C12H21O6P3.C8H11O3P.3C3H9O3P.I2/c1-3-7-12(8-4-1)11-13-9-5-2-6-10-13;1-19(2,13)16-10-7-11(17-20(3,4)14)9-12(8-10)18-21(5,6)15;1-10-12(2,9)11-8-6-4-3-5-7-8;3*1-5-7(3,4)6-2;1-2/h1-10H,11H2;7-9H,1-6H3;3-7H,1-2H3;3*1-3H3;. The molecule has 0 aliphatic rings. The fourth-order valence-electron chi connectivity index (χ4n) is 3.83. The zero-order valence-electron chi connectivity index (χ0n) is 42.3. The second-order valence-electron chi connectivity index (χ2n) is 14.6. The Balaban J connectivity index is -0.000000794. The Morgan fingerprint density at radius 1 is 0.319 bits per heavy atom. The van der Waals surface area contributed by atoms with Gasteiger partial charge in [-0.05, 0) is 29.7 Å². The molecule has 0 bridgehead atoms. The maximum atomic E-state index is 11.8. The van der Waals surface area contributed by atoms with Crippen molar-refractivity contribution in [2.45, 2.75) is 6.42 Å². The summed E-state index contributed by atoms with van der Waals surface area (Å²) in [6, 6.07) is 34.4. The molecule has 69 heavy (non-hydrogen) atoms. The summed E-state index contributed by atoms with van der Waals surface area (Å²) in [5.41, 5.74) is 2.74. The number of benzene rings is 4. The van der Waals surface area contributed by atoms with Crippen LogP contribution in [0.5, 0.6) is 23.0 Å². The van der Waals surface area contributed by atoms with Crippen molar-refractivity contribution in [2.24, 2.45) is 0 Å². The van der Waals surface area contributed by atoms with Crippen molar-refractivity contribution in [1.82, 2.24) is 0 Å². The van der Waals surface area contributed by atoms with Crippen LogP contribution in [0.2, 0.25) is 0 Å². The van der Waals surface area contributed by atoms with Gasteiger partial charge in [0, 0.05) is 172 Å². The third-order valence-electron chi connectivity index (χ3n) is 7.26. The van der Waals surface area contributed by atoms with E-state index in [1.807, 2.05) is 18.2 Å². The molecular weight excluding hydrogens is 1260 g/mol. The lowest BCUT2D eigenvalue weighted by molar-refractivity contribution is 0.281. The Morgan fingerprint density at radius 2 is 0.536 bits per heavy atom. The largest absolute Gasteiger partial charge is 0.443 e. The first kappa shape index (κ1) is 72.1. The molecule has 0 radical (unpaired) electrons. The van der Waals surface area contributed by atoms with Gasteiger partial charge in [-0.1, -0.05) is 78.9 Å². The zero-order chi connectivity index (χ0) is 54.2. The molecule has 1 atom stereocenters. The fraction of sp³-hybridized carbons (Fsp3) is 0.429. The van der Waals surface area contributed by atoms with E-state index in [0.717, 1.165) is 6.42 Å². The second-order valence-corrected chi connectivity index (χ2v) is 31.6. The van der Waals surface area contributed by atoms with Crippen LogP contribution in [0.15, 0.2) is 109 Å². The molecule has 396 valence electrons. The van der Waals surface area contributed by atoms with Gasteiger partial charge in [-0.15, -0.1) is 0 Å². The number of hydrogen-bond donors (Lipinski definition) is 0. The van der Waals surface area contributed by atoms with E-state index in [-0.39, 0.29) is 17.2 Å². The van der Waals surface area contributed by atoms with E-state index in [0.29, 0.717) is 5.75 Å². The summed E-state index contributed by atoms with van der Waals surface area (Å²) in [6.45, 7) is 14.5. The normalized spacial score (nSPS) is 12.1. The molecule has 4 rings (SSSR count). The van der Waals surface area contributed by atoms with Gasteiger partial charge in [-0.3, -0.25) is 27.4 Å². The van der Waals surface area contributed by atoms with Crippen LogP contribution in [0.3, 0.4) is 0 Å². The molecule has 0 aliphatic heterocycles. The molecule has 1 unspecified atom stereocenters. The smallest absolute Gasteiger partial charge is 0.375 e. The van der Waals surface area contributed by atoms with Crippen molar-refractivity contribution >= 4 is 89.7 Å². The molecule has 4 aromatic rings. The molecule has 0 heterocycles. The number of hydrogen-bond acceptors (Lipinski definition) is 18. The fourth-order valence-corrected chi connectivity index (χ4v) is 6.69. The van der Waals surface area contributed by atoms with Crippen molar-refractivity contribution in [3.63, 3.8) is 0 Å². The minimum absolute atomic E-state index is 0.248. The van der Waals surface area contributed by atoms with Gasteiger partial charge in [0.2, 0.25) is 22.1 Å². The van der Waals surface area contributed by atoms with Crippen LogP contribution in [0.25, 0.3) is 0 Å². The van der Waals surface area contributed by atoms with E-state index in [1.165, 1.54) is 146 Å². The van der Waals surface area contributed by atoms with Gasteiger partial charge in [0.05, 0.1) is 0 Å². The molecule has 0 fully saturated rings. The van der Waals surface area contributed by atoms with Gasteiger partial charge in [-0.2, -0.15) is 0 Å². The van der Waals surface area contributed by atoms with Gasteiger partial charge >= 0.3 is 30.4 Å². The third-order valence-corrected chi connectivity index (χ3v) is 14.4. The Labute approximate surface area is 434 Å². The molecule has 0 amide bonds. The lowest BCUT2D eigenvalue weighted by Gasteiger charge is -2.17. The van der Waals surface area contributed by atoms with E-state index in [4.69, 9.17) is 18.1 Å². The summed E-state index contributed by atoms with van der Waals surface area (Å²) >= 11 is 4.24. The molecule has 0 saturated carbocycles. The summed E-state index contributed by atoms with van der Waals surface area (Å²) in [4.78, 5) is 0. The highest BCUT2D eigenvalue weighted by Crippen LogP contribution is 2.48. The molecular formula is C42H71I2O18P7. The molecule has 0 aromatic heterocycles. The maximum absolute atomic E-state index is 11.8. The SMILES string of the molecule is COP(C)(=O)OC.COP(C)(=O)OC.COP(C)(=O)OC.COP(C)(=O)Oc1ccccc1.CP(C)(=O)Oc1cc(OP(C)(C)=O)cc(OP(C)(C)=O)c1.II.c1ccc(Cc2ccccc2)cc1. The summed E-state index contributed by atoms with van der Waals surface area (Å²) < 4.78 is 130. The molecule has 4 aromatic carbocycles. The van der Waals surface area contributed by atoms with Crippen LogP contribution < -0.4 is 18.1 Å². The average molecular weight is 1330 g/mol. The Bertz CT molecular complexity index is 2110. The maximum Gasteiger partial charge on any atom is 0.375 e. The minimum atomic E-state index is -2.90. The zero-order valence-corrected chi connectivity index (χ0v) is 52.9. The van der Waals surface area contributed by atoms with Crippen LogP contribution in [0, 0.1) is 0 Å². The lowest BCUT2D eigenvalue weighted by Crippen LogP contribution is -1.95. The predicted molar refractivity (Wildman–Crippen MR) is 301 cm³/mol. The van der Waals surface area contributed by atoms with Gasteiger partial charge in [0.15, 0.2) is 0 Å². The Hall–Kier alpha value is -1.13. The highest BCUT2D eigenvalue weighted by Gasteiger charge is 2.18. The second kappa shape index (κ2) is 36.7. The first-order chi connectivity index (χ1) is 31.7. The van der Waals surface area contributed by atoms with Crippen LogP contribution in [-0.2, 0) is 70.0 Å².